The van der Waals surface area contributed by atoms with Crippen molar-refractivity contribution in [3.05, 3.63) is 35.9 Å². The Balaban J connectivity index is 1.87. The molecular weight excluding hydrogens is 252 g/mol. The molecule has 2 rings (SSSR count). The summed E-state index contributed by atoms with van der Waals surface area (Å²) in [4.78, 5) is 12.2. The second-order valence-electron chi connectivity index (χ2n) is 5.43. The lowest BCUT2D eigenvalue weighted by Gasteiger charge is -2.21. The molecule has 1 saturated heterocycles. The Labute approximate surface area is 120 Å². The smallest absolute Gasteiger partial charge is 0.237 e. The predicted octanol–water partition coefficient (Wildman–Crippen LogP) is 1.24. The Kier molecular flexibility index (Phi) is 6.02. The molecule has 1 heterocycles. The molecule has 0 bridgehead atoms. The van der Waals surface area contributed by atoms with Gasteiger partial charge in [-0.05, 0) is 31.4 Å². The summed E-state index contributed by atoms with van der Waals surface area (Å²) in [5, 5.41) is 15.7. The largest absolute Gasteiger partial charge is 0.394 e. The highest BCUT2D eigenvalue weighted by atomic mass is 16.3. The van der Waals surface area contributed by atoms with E-state index in [1.54, 1.807) is 0 Å². The number of benzene rings is 1. The molecule has 0 spiro atoms. The molecule has 1 fully saturated rings. The van der Waals surface area contributed by atoms with E-state index in [-0.39, 0.29) is 24.6 Å². The van der Waals surface area contributed by atoms with Crippen LogP contribution in [0.3, 0.4) is 0 Å². The van der Waals surface area contributed by atoms with E-state index in [4.69, 9.17) is 0 Å². The highest BCUT2D eigenvalue weighted by molar-refractivity contribution is 5.82. The van der Waals surface area contributed by atoms with E-state index in [1.165, 1.54) is 6.42 Å². The average molecular weight is 276 g/mol. The van der Waals surface area contributed by atoms with Crippen molar-refractivity contribution >= 4 is 5.91 Å². The second-order valence-corrected chi connectivity index (χ2v) is 5.43. The average Bonchev–Trinajstić information content (AvgIpc) is 2.76. The molecule has 1 aromatic carbocycles. The Morgan fingerprint density at radius 2 is 2.10 bits per heavy atom. The van der Waals surface area contributed by atoms with Crippen LogP contribution in [0.2, 0.25) is 0 Å². The summed E-state index contributed by atoms with van der Waals surface area (Å²) in [6.07, 6.45) is 4.96. The monoisotopic (exact) mass is 276 g/mol. The molecule has 0 saturated carbocycles. The highest BCUT2D eigenvalue weighted by Crippen LogP contribution is 2.09. The molecular formula is C16H24N2O2. The number of amides is 1. The van der Waals surface area contributed by atoms with Crippen molar-refractivity contribution in [2.24, 2.45) is 0 Å². The summed E-state index contributed by atoms with van der Waals surface area (Å²) in [5.74, 6) is 0.0156. The minimum atomic E-state index is -0.213. The number of rotatable bonds is 5. The van der Waals surface area contributed by atoms with E-state index in [1.807, 2.05) is 30.3 Å². The van der Waals surface area contributed by atoms with Crippen LogP contribution in [0.25, 0.3) is 0 Å². The van der Waals surface area contributed by atoms with Gasteiger partial charge in [-0.1, -0.05) is 43.2 Å². The molecule has 110 valence electrons. The molecule has 0 aliphatic carbocycles. The standard InChI is InChI=1S/C16H24N2O2/c19-12-14(11-13-7-3-1-4-8-13)18-16(20)15-9-5-2-6-10-17-15/h1,3-4,7-8,14-15,17,19H,2,5-6,9-12H2,(H,18,20). The molecule has 1 aromatic rings. The van der Waals surface area contributed by atoms with Crippen LogP contribution < -0.4 is 10.6 Å². The number of aliphatic hydroxyl groups excluding tert-OH is 1. The zero-order chi connectivity index (χ0) is 14.2. The fourth-order valence-electron chi connectivity index (χ4n) is 2.61. The Bertz CT molecular complexity index is 400. The molecule has 0 radical (unpaired) electrons. The van der Waals surface area contributed by atoms with Gasteiger partial charge in [-0.2, -0.15) is 0 Å². The van der Waals surface area contributed by atoms with Gasteiger partial charge in [0.25, 0.3) is 0 Å². The summed E-state index contributed by atoms with van der Waals surface area (Å²) in [7, 11) is 0. The van der Waals surface area contributed by atoms with E-state index in [0.29, 0.717) is 6.42 Å². The van der Waals surface area contributed by atoms with Crippen LogP contribution in [0, 0.1) is 0 Å². The Morgan fingerprint density at radius 1 is 1.30 bits per heavy atom. The van der Waals surface area contributed by atoms with Crippen LogP contribution in [-0.2, 0) is 11.2 Å². The van der Waals surface area contributed by atoms with Crippen LogP contribution in [0.4, 0.5) is 0 Å². The van der Waals surface area contributed by atoms with Gasteiger partial charge in [0, 0.05) is 0 Å². The van der Waals surface area contributed by atoms with Crippen molar-refractivity contribution in [2.75, 3.05) is 13.2 Å². The summed E-state index contributed by atoms with van der Waals surface area (Å²) in [5.41, 5.74) is 1.13. The zero-order valence-corrected chi connectivity index (χ0v) is 11.8. The number of hydrogen-bond donors (Lipinski definition) is 3. The van der Waals surface area contributed by atoms with E-state index >= 15 is 0 Å². The third kappa shape index (κ3) is 4.62. The lowest BCUT2D eigenvalue weighted by atomic mass is 10.1. The van der Waals surface area contributed by atoms with E-state index in [9.17, 15) is 9.90 Å². The van der Waals surface area contributed by atoms with Crippen molar-refractivity contribution < 1.29 is 9.90 Å². The normalized spacial score (nSPS) is 20.9. The van der Waals surface area contributed by atoms with Gasteiger partial charge in [0.05, 0.1) is 18.7 Å². The summed E-state index contributed by atoms with van der Waals surface area (Å²) < 4.78 is 0. The van der Waals surface area contributed by atoms with Gasteiger partial charge in [0.1, 0.15) is 0 Å². The maximum absolute atomic E-state index is 12.2. The number of aliphatic hydroxyl groups is 1. The van der Waals surface area contributed by atoms with Crippen LogP contribution in [-0.4, -0.2) is 36.2 Å². The van der Waals surface area contributed by atoms with E-state index < -0.39 is 0 Å². The topological polar surface area (TPSA) is 61.4 Å². The predicted molar refractivity (Wildman–Crippen MR) is 79.4 cm³/mol. The molecule has 4 heteroatoms. The third-order valence-electron chi connectivity index (χ3n) is 3.77. The molecule has 3 N–H and O–H groups in total. The van der Waals surface area contributed by atoms with Gasteiger partial charge >= 0.3 is 0 Å². The number of carbonyl (C=O) groups is 1. The first-order valence-corrected chi connectivity index (χ1v) is 7.48. The van der Waals surface area contributed by atoms with Crippen molar-refractivity contribution in [1.29, 1.82) is 0 Å². The number of carbonyl (C=O) groups excluding carboxylic acids is 1. The van der Waals surface area contributed by atoms with Crippen molar-refractivity contribution in [2.45, 2.75) is 44.2 Å². The van der Waals surface area contributed by atoms with Gasteiger partial charge in [-0.25, -0.2) is 0 Å². The molecule has 1 amide bonds. The highest BCUT2D eigenvalue weighted by Gasteiger charge is 2.21. The van der Waals surface area contributed by atoms with Crippen LogP contribution in [0.5, 0.6) is 0 Å². The Morgan fingerprint density at radius 3 is 2.85 bits per heavy atom. The number of hydrogen-bond acceptors (Lipinski definition) is 3. The van der Waals surface area contributed by atoms with Gasteiger partial charge in [0.15, 0.2) is 0 Å². The summed E-state index contributed by atoms with van der Waals surface area (Å²) in [6, 6.07) is 9.61. The molecule has 1 aliphatic heterocycles. The maximum Gasteiger partial charge on any atom is 0.237 e. The van der Waals surface area contributed by atoms with Crippen molar-refractivity contribution in [3.8, 4) is 0 Å². The third-order valence-corrected chi connectivity index (χ3v) is 3.77. The summed E-state index contributed by atoms with van der Waals surface area (Å²) in [6.45, 7) is 0.869. The van der Waals surface area contributed by atoms with E-state index in [2.05, 4.69) is 10.6 Å². The molecule has 1 aliphatic rings. The van der Waals surface area contributed by atoms with Crippen molar-refractivity contribution in [3.63, 3.8) is 0 Å². The van der Waals surface area contributed by atoms with Crippen LogP contribution in [0.1, 0.15) is 31.2 Å². The molecule has 2 atom stereocenters. The first kappa shape index (κ1) is 15.0. The summed E-state index contributed by atoms with van der Waals surface area (Å²) >= 11 is 0. The molecule has 4 nitrogen and oxygen atoms in total. The fraction of sp³-hybridized carbons (Fsp3) is 0.562. The molecule has 0 aromatic heterocycles. The molecule has 20 heavy (non-hydrogen) atoms. The van der Waals surface area contributed by atoms with Crippen molar-refractivity contribution in [1.82, 2.24) is 10.6 Å². The Hall–Kier alpha value is -1.39. The first-order chi connectivity index (χ1) is 9.79. The van der Waals surface area contributed by atoms with Gasteiger partial charge in [-0.15, -0.1) is 0 Å². The maximum atomic E-state index is 12.2. The van der Waals surface area contributed by atoms with Crippen LogP contribution in [0.15, 0.2) is 30.3 Å². The minimum Gasteiger partial charge on any atom is -0.394 e. The van der Waals surface area contributed by atoms with Gasteiger partial charge in [-0.3, -0.25) is 4.79 Å². The van der Waals surface area contributed by atoms with Gasteiger partial charge < -0.3 is 15.7 Å². The van der Waals surface area contributed by atoms with Gasteiger partial charge in [0.2, 0.25) is 5.91 Å². The number of nitrogens with one attached hydrogen (secondary N) is 2. The minimum absolute atomic E-state index is 0.0156. The second kappa shape index (κ2) is 8.02. The lowest BCUT2D eigenvalue weighted by Crippen LogP contribution is -2.49. The molecule has 2 unspecified atom stereocenters. The SMILES string of the molecule is O=C(NC(CO)Cc1ccccc1)C1CCCCCN1. The zero-order valence-electron chi connectivity index (χ0n) is 11.8. The lowest BCUT2D eigenvalue weighted by molar-refractivity contribution is -0.124. The van der Waals surface area contributed by atoms with E-state index in [0.717, 1.165) is 31.4 Å². The quantitative estimate of drug-likeness (QED) is 0.758. The first-order valence-electron chi connectivity index (χ1n) is 7.48. The van der Waals surface area contributed by atoms with Crippen LogP contribution >= 0.6 is 0 Å². The fourth-order valence-corrected chi connectivity index (χ4v) is 2.61.